The minimum absolute atomic E-state index is 0.0396. The third-order valence-electron chi connectivity index (χ3n) is 6.14. The highest BCUT2D eigenvalue weighted by Crippen LogP contribution is 2.29. The second-order valence-corrected chi connectivity index (χ2v) is 8.01. The summed E-state index contributed by atoms with van der Waals surface area (Å²) >= 11 is 0. The Morgan fingerprint density at radius 1 is 1.03 bits per heavy atom. The summed E-state index contributed by atoms with van der Waals surface area (Å²) in [7, 11) is 1.65. The summed E-state index contributed by atoms with van der Waals surface area (Å²) in [4.78, 5) is 20.0. The third kappa shape index (κ3) is 3.81. The molecule has 1 saturated heterocycles. The number of methoxy groups -OCH3 is 1. The van der Waals surface area contributed by atoms with Crippen LogP contribution in [-0.4, -0.2) is 35.5 Å². The van der Waals surface area contributed by atoms with Crippen LogP contribution in [0.5, 0.6) is 5.75 Å². The van der Waals surface area contributed by atoms with Crippen molar-refractivity contribution >= 4 is 28.3 Å². The molecule has 158 valence electrons. The molecule has 3 heterocycles. The van der Waals surface area contributed by atoms with Crippen LogP contribution in [0.3, 0.4) is 0 Å². The van der Waals surface area contributed by atoms with E-state index in [0.29, 0.717) is 6.54 Å². The maximum atomic E-state index is 12.7. The average molecular weight is 415 g/mol. The molecule has 0 atom stereocenters. The molecule has 6 nitrogen and oxygen atoms in total. The first-order chi connectivity index (χ1) is 15.2. The lowest BCUT2D eigenvalue weighted by molar-refractivity contribution is -0.125. The number of carbonyl (C=O) groups is 1. The van der Waals surface area contributed by atoms with Gasteiger partial charge in [0, 0.05) is 31.7 Å². The van der Waals surface area contributed by atoms with Gasteiger partial charge in [0.25, 0.3) is 0 Å². The van der Waals surface area contributed by atoms with Gasteiger partial charge in [0.05, 0.1) is 23.7 Å². The molecule has 1 aliphatic rings. The van der Waals surface area contributed by atoms with Gasteiger partial charge >= 0.3 is 0 Å². The number of ether oxygens (including phenoxy) is 1. The Balaban J connectivity index is 1.24. The second kappa shape index (κ2) is 8.30. The molecule has 4 aromatic rings. The van der Waals surface area contributed by atoms with Gasteiger partial charge < -0.3 is 19.4 Å². The van der Waals surface area contributed by atoms with E-state index in [1.165, 1.54) is 0 Å². The van der Waals surface area contributed by atoms with Crippen molar-refractivity contribution in [1.82, 2.24) is 14.7 Å². The SMILES string of the molecule is COc1ccc(CNC(=O)C2CCN(c3nc4ccccc4n4cccc34)CC2)cc1. The standard InChI is InChI=1S/C25H26N4O2/c1-31-20-10-8-18(9-11-20)17-26-25(30)19-12-15-28(16-13-19)24-23-7-4-14-29(23)22-6-3-2-5-21(22)27-24/h2-11,14,19H,12-13,15-17H2,1H3,(H,26,30). The van der Waals surface area contributed by atoms with Crippen molar-refractivity contribution in [3.05, 3.63) is 72.4 Å². The van der Waals surface area contributed by atoms with Crippen molar-refractivity contribution in [2.75, 3.05) is 25.1 Å². The number of piperidine rings is 1. The zero-order valence-corrected chi connectivity index (χ0v) is 17.6. The summed E-state index contributed by atoms with van der Waals surface area (Å²) in [5, 5.41) is 3.09. The number of amides is 1. The van der Waals surface area contributed by atoms with Crippen LogP contribution >= 0.6 is 0 Å². The van der Waals surface area contributed by atoms with Crippen LogP contribution in [0.1, 0.15) is 18.4 Å². The number of para-hydroxylation sites is 2. The first-order valence-corrected chi connectivity index (χ1v) is 10.7. The van der Waals surface area contributed by atoms with Gasteiger partial charge in [-0.15, -0.1) is 0 Å². The fraction of sp³-hybridized carbons (Fsp3) is 0.280. The maximum Gasteiger partial charge on any atom is 0.223 e. The molecule has 6 heteroatoms. The molecule has 0 spiro atoms. The molecule has 0 unspecified atom stereocenters. The molecular weight excluding hydrogens is 388 g/mol. The van der Waals surface area contributed by atoms with Gasteiger partial charge in [-0.2, -0.15) is 0 Å². The summed E-state index contributed by atoms with van der Waals surface area (Å²) in [5.74, 6) is 2.00. The third-order valence-corrected chi connectivity index (χ3v) is 6.14. The Morgan fingerprint density at radius 3 is 2.55 bits per heavy atom. The number of carbonyl (C=O) groups excluding carboxylic acids is 1. The number of nitrogens with zero attached hydrogens (tertiary/aromatic N) is 3. The molecule has 1 amide bonds. The molecule has 1 fully saturated rings. The molecule has 2 aromatic carbocycles. The Morgan fingerprint density at radius 2 is 1.77 bits per heavy atom. The Labute approximate surface area is 181 Å². The summed E-state index contributed by atoms with van der Waals surface area (Å²) in [6.07, 6.45) is 3.74. The molecule has 0 radical (unpaired) electrons. The fourth-order valence-electron chi connectivity index (χ4n) is 4.37. The summed E-state index contributed by atoms with van der Waals surface area (Å²) in [5.41, 5.74) is 4.28. The van der Waals surface area contributed by atoms with Gasteiger partial charge in [-0.05, 0) is 54.8 Å². The fourth-order valence-corrected chi connectivity index (χ4v) is 4.37. The van der Waals surface area contributed by atoms with E-state index < -0.39 is 0 Å². The molecule has 31 heavy (non-hydrogen) atoms. The van der Waals surface area contributed by atoms with Crippen molar-refractivity contribution in [3.8, 4) is 5.75 Å². The van der Waals surface area contributed by atoms with Crippen molar-refractivity contribution in [2.45, 2.75) is 19.4 Å². The van der Waals surface area contributed by atoms with Crippen LogP contribution in [0.25, 0.3) is 16.6 Å². The number of anilines is 1. The highest BCUT2D eigenvalue weighted by molar-refractivity contribution is 5.85. The van der Waals surface area contributed by atoms with Crippen LogP contribution in [0.15, 0.2) is 66.9 Å². The van der Waals surface area contributed by atoms with Crippen molar-refractivity contribution in [2.24, 2.45) is 5.92 Å². The number of benzene rings is 2. The van der Waals surface area contributed by atoms with Crippen LogP contribution < -0.4 is 15.0 Å². The molecular formula is C25H26N4O2. The Hall–Kier alpha value is -3.54. The van der Waals surface area contributed by atoms with E-state index in [1.807, 2.05) is 36.4 Å². The minimum Gasteiger partial charge on any atom is -0.497 e. The topological polar surface area (TPSA) is 58.9 Å². The van der Waals surface area contributed by atoms with Crippen molar-refractivity contribution < 1.29 is 9.53 Å². The quantitative estimate of drug-likeness (QED) is 0.536. The molecule has 2 aromatic heterocycles. The number of hydrogen-bond acceptors (Lipinski definition) is 4. The maximum absolute atomic E-state index is 12.7. The number of hydrogen-bond donors (Lipinski definition) is 1. The van der Waals surface area contributed by atoms with E-state index >= 15 is 0 Å². The van der Waals surface area contributed by atoms with Crippen LogP contribution in [0, 0.1) is 5.92 Å². The lowest BCUT2D eigenvalue weighted by Gasteiger charge is -2.32. The molecule has 0 saturated carbocycles. The van der Waals surface area contributed by atoms with Gasteiger partial charge in [-0.3, -0.25) is 4.79 Å². The number of nitrogens with one attached hydrogen (secondary N) is 1. The Kier molecular flexibility index (Phi) is 5.20. The van der Waals surface area contributed by atoms with E-state index in [2.05, 4.69) is 45.1 Å². The number of fused-ring (bicyclic) bond motifs is 3. The summed E-state index contributed by atoms with van der Waals surface area (Å²) in [6, 6.07) is 20.2. The zero-order valence-electron chi connectivity index (χ0n) is 17.6. The highest BCUT2D eigenvalue weighted by Gasteiger charge is 2.26. The predicted octanol–water partition coefficient (Wildman–Crippen LogP) is 4.03. The van der Waals surface area contributed by atoms with Crippen LogP contribution in [0.2, 0.25) is 0 Å². The van der Waals surface area contributed by atoms with E-state index in [4.69, 9.17) is 9.72 Å². The first-order valence-electron chi connectivity index (χ1n) is 10.7. The van der Waals surface area contributed by atoms with Crippen LogP contribution in [-0.2, 0) is 11.3 Å². The number of aromatic nitrogens is 2. The molecule has 0 aliphatic carbocycles. The van der Waals surface area contributed by atoms with Crippen LogP contribution in [0.4, 0.5) is 5.82 Å². The van der Waals surface area contributed by atoms with E-state index in [0.717, 1.165) is 59.6 Å². The summed E-state index contributed by atoms with van der Waals surface area (Å²) in [6.45, 7) is 2.19. The smallest absolute Gasteiger partial charge is 0.223 e. The van der Waals surface area contributed by atoms with Gasteiger partial charge in [-0.25, -0.2) is 4.98 Å². The van der Waals surface area contributed by atoms with E-state index in [1.54, 1.807) is 7.11 Å². The van der Waals surface area contributed by atoms with E-state index in [9.17, 15) is 4.79 Å². The largest absolute Gasteiger partial charge is 0.497 e. The molecule has 1 N–H and O–H groups in total. The normalized spacial score (nSPS) is 14.8. The van der Waals surface area contributed by atoms with Gasteiger partial charge in [0.1, 0.15) is 5.75 Å². The lowest BCUT2D eigenvalue weighted by Crippen LogP contribution is -2.40. The molecule has 0 bridgehead atoms. The van der Waals surface area contributed by atoms with Gasteiger partial charge in [0.2, 0.25) is 5.91 Å². The highest BCUT2D eigenvalue weighted by atomic mass is 16.5. The van der Waals surface area contributed by atoms with E-state index in [-0.39, 0.29) is 11.8 Å². The van der Waals surface area contributed by atoms with Gasteiger partial charge in [0.15, 0.2) is 5.82 Å². The van der Waals surface area contributed by atoms with Gasteiger partial charge in [-0.1, -0.05) is 24.3 Å². The second-order valence-electron chi connectivity index (χ2n) is 8.01. The molecule has 5 rings (SSSR count). The average Bonchev–Trinajstić information content (AvgIpc) is 3.33. The summed E-state index contributed by atoms with van der Waals surface area (Å²) < 4.78 is 7.38. The lowest BCUT2D eigenvalue weighted by atomic mass is 9.95. The monoisotopic (exact) mass is 414 g/mol. The number of rotatable bonds is 5. The zero-order chi connectivity index (χ0) is 21.2. The first kappa shape index (κ1) is 19.4. The van der Waals surface area contributed by atoms with Crippen molar-refractivity contribution in [3.63, 3.8) is 0 Å². The van der Waals surface area contributed by atoms with Crippen molar-refractivity contribution in [1.29, 1.82) is 0 Å². The molecule has 1 aliphatic heterocycles. The minimum atomic E-state index is 0.0396. The predicted molar refractivity (Wildman–Crippen MR) is 122 cm³/mol. The Bertz CT molecular complexity index is 1210.